The normalized spacial score (nSPS) is 10.6. The second-order valence-corrected chi connectivity index (χ2v) is 6.91. The highest BCUT2D eigenvalue weighted by molar-refractivity contribution is 5.95. The number of nitrogens with zero attached hydrogens (tertiary/aromatic N) is 2. The van der Waals surface area contributed by atoms with Crippen LogP contribution in [0.5, 0.6) is 0 Å². The first kappa shape index (κ1) is 20.3. The highest BCUT2D eigenvalue weighted by Crippen LogP contribution is 2.18. The van der Waals surface area contributed by atoms with Gasteiger partial charge in [0, 0.05) is 16.9 Å². The fraction of sp³-hybridized carbons (Fsp3) is 0.261. The Labute approximate surface area is 170 Å². The van der Waals surface area contributed by atoms with Crippen LogP contribution in [0, 0.1) is 13.8 Å². The van der Waals surface area contributed by atoms with Crippen LogP contribution in [-0.2, 0) is 22.4 Å². The van der Waals surface area contributed by atoms with Crippen LogP contribution in [-0.4, -0.2) is 28.1 Å². The number of benzene rings is 2. The molecule has 0 fully saturated rings. The van der Waals surface area contributed by atoms with Crippen molar-refractivity contribution in [3.8, 4) is 5.69 Å². The van der Waals surface area contributed by atoms with Gasteiger partial charge in [-0.15, -0.1) is 0 Å². The van der Waals surface area contributed by atoms with Crippen molar-refractivity contribution in [3.05, 3.63) is 77.1 Å². The summed E-state index contributed by atoms with van der Waals surface area (Å²) < 4.78 is 1.84. The van der Waals surface area contributed by atoms with E-state index in [1.165, 1.54) is 0 Å². The minimum absolute atomic E-state index is 0.0677. The zero-order valence-corrected chi connectivity index (χ0v) is 17.0. The van der Waals surface area contributed by atoms with E-state index >= 15 is 0 Å². The van der Waals surface area contributed by atoms with Crippen LogP contribution in [0.4, 0.5) is 5.69 Å². The molecule has 6 heteroatoms. The van der Waals surface area contributed by atoms with E-state index in [0.717, 1.165) is 40.3 Å². The Morgan fingerprint density at radius 3 is 2.38 bits per heavy atom. The lowest BCUT2D eigenvalue weighted by Crippen LogP contribution is -2.34. The number of amides is 2. The van der Waals surface area contributed by atoms with Gasteiger partial charge in [-0.1, -0.05) is 43.3 Å². The smallest absolute Gasteiger partial charge is 0.243 e. The summed E-state index contributed by atoms with van der Waals surface area (Å²) in [5.74, 6) is -0.449. The molecule has 3 rings (SSSR count). The summed E-state index contributed by atoms with van der Waals surface area (Å²) in [5, 5.41) is 10.1. The van der Waals surface area contributed by atoms with E-state index in [1.807, 2.05) is 80.1 Å². The van der Waals surface area contributed by atoms with Crippen LogP contribution in [0.15, 0.2) is 54.6 Å². The summed E-state index contributed by atoms with van der Waals surface area (Å²) in [6, 6.07) is 17.5. The highest BCUT2D eigenvalue weighted by Gasteiger charge is 2.16. The van der Waals surface area contributed by atoms with Crippen molar-refractivity contribution < 1.29 is 9.59 Å². The fourth-order valence-corrected chi connectivity index (χ4v) is 3.30. The summed E-state index contributed by atoms with van der Waals surface area (Å²) in [6.07, 6.45) is 1.01. The average Bonchev–Trinajstić information content (AvgIpc) is 3.01. The fourth-order valence-electron chi connectivity index (χ4n) is 3.30. The Kier molecular flexibility index (Phi) is 6.44. The summed E-state index contributed by atoms with van der Waals surface area (Å²) in [5.41, 5.74) is 5.40. The van der Waals surface area contributed by atoms with Gasteiger partial charge in [0.2, 0.25) is 11.8 Å². The molecule has 0 saturated carbocycles. The van der Waals surface area contributed by atoms with Crippen molar-refractivity contribution in [3.63, 3.8) is 0 Å². The van der Waals surface area contributed by atoms with Crippen LogP contribution >= 0.6 is 0 Å². The predicted molar refractivity (Wildman–Crippen MR) is 114 cm³/mol. The molecule has 0 aliphatic heterocycles. The second kappa shape index (κ2) is 9.19. The molecule has 0 atom stereocenters. The average molecular weight is 390 g/mol. The molecule has 0 aliphatic rings. The number of hydrogen-bond acceptors (Lipinski definition) is 3. The topological polar surface area (TPSA) is 76.0 Å². The Morgan fingerprint density at radius 2 is 1.66 bits per heavy atom. The van der Waals surface area contributed by atoms with Crippen molar-refractivity contribution in [2.75, 3.05) is 11.9 Å². The molecule has 0 saturated heterocycles. The first-order valence-electron chi connectivity index (χ1n) is 9.74. The minimum Gasteiger partial charge on any atom is -0.347 e. The lowest BCUT2D eigenvalue weighted by molar-refractivity contribution is -0.123. The van der Waals surface area contributed by atoms with E-state index in [-0.39, 0.29) is 24.8 Å². The molecule has 2 aromatic carbocycles. The molecular formula is C23H26N4O2. The summed E-state index contributed by atoms with van der Waals surface area (Å²) in [4.78, 5) is 24.6. The number of rotatable bonds is 7. The molecule has 150 valence electrons. The standard InChI is InChI=1S/C23H26N4O2/c1-4-18-10-8-9-13-21(18)25-23(29)15-24-22(28)14-20-16(2)26-27(17(20)3)19-11-6-5-7-12-19/h5-13H,4,14-15H2,1-3H3,(H,24,28)(H,25,29). The Morgan fingerprint density at radius 1 is 0.966 bits per heavy atom. The molecule has 0 unspecified atom stereocenters. The van der Waals surface area contributed by atoms with Crippen molar-refractivity contribution in [2.45, 2.75) is 33.6 Å². The van der Waals surface area contributed by atoms with Crippen molar-refractivity contribution in [1.82, 2.24) is 15.1 Å². The molecule has 0 bridgehead atoms. The first-order chi connectivity index (χ1) is 14.0. The molecule has 0 radical (unpaired) electrons. The van der Waals surface area contributed by atoms with Gasteiger partial charge in [-0.2, -0.15) is 5.10 Å². The molecule has 1 heterocycles. The van der Waals surface area contributed by atoms with E-state index < -0.39 is 0 Å². The molecule has 2 amide bonds. The van der Waals surface area contributed by atoms with E-state index in [0.29, 0.717) is 0 Å². The number of para-hydroxylation sites is 2. The van der Waals surface area contributed by atoms with Crippen molar-refractivity contribution in [2.24, 2.45) is 0 Å². The third-order valence-electron chi connectivity index (χ3n) is 4.90. The van der Waals surface area contributed by atoms with Crippen LogP contribution in [0.2, 0.25) is 0 Å². The Balaban J connectivity index is 1.60. The van der Waals surface area contributed by atoms with E-state index in [9.17, 15) is 9.59 Å². The summed E-state index contributed by atoms with van der Waals surface area (Å²) in [6.45, 7) is 5.81. The van der Waals surface area contributed by atoms with E-state index in [4.69, 9.17) is 0 Å². The minimum atomic E-state index is -0.243. The van der Waals surface area contributed by atoms with Gasteiger partial charge in [0.1, 0.15) is 0 Å². The largest absolute Gasteiger partial charge is 0.347 e. The zero-order valence-electron chi connectivity index (χ0n) is 17.0. The van der Waals surface area contributed by atoms with Crippen LogP contribution in [0.25, 0.3) is 5.69 Å². The first-order valence-corrected chi connectivity index (χ1v) is 9.74. The maximum absolute atomic E-state index is 12.4. The number of aromatic nitrogens is 2. The van der Waals surface area contributed by atoms with Gasteiger partial charge in [-0.3, -0.25) is 9.59 Å². The molecule has 0 aliphatic carbocycles. The molecule has 1 aromatic heterocycles. The third-order valence-corrected chi connectivity index (χ3v) is 4.90. The quantitative estimate of drug-likeness (QED) is 0.650. The monoisotopic (exact) mass is 390 g/mol. The lowest BCUT2D eigenvalue weighted by Gasteiger charge is -2.10. The van der Waals surface area contributed by atoms with Gasteiger partial charge in [0.05, 0.1) is 24.3 Å². The number of nitrogens with one attached hydrogen (secondary N) is 2. The van der Waals surface area contributed by atoms with Crippen LogP contribution in [0.1, 0.15) is 29.4 Å². The zero-order chi connectivity index (χ0) is 20.8. The third kappa shape index (κ3) is 4.90. The number of carbonyl (C=O) groups excluding carboxylic acids is 2. The van der Waals surface area contributed by atoms with Gasteiger partial charge < -0.3 is 10.6 Å². The van der Waals surface area contributed by atoms with Crippen LogP contribution < -0.4 is 10.6 Å². The number of carbonyl (C=O) groups is 2. The molecule has 2 N–H and O–H groups in total. The SMILES string of the molecule is CCc1ccccc1NC(=O)CNC(=O)Cc1c(C)nn(-c2ccccc2)c1C. The van der Waals surface area contributed by atoms with E-state index in [1.54, 1.807) is 0 Å². The summed E-state index contributed by atoms with van der Waals surface area (Å²) in [7, 11) is 0. The van der Waals surface area contributed by atoms with Crippen molar-refractivity contribution >= 4 is 17.5 Å². The summed E-state index contributed by atoms with van der Waals surface area (Å²) >= 11 is 0. The maximum atomic E-state index is 12.4. The molecule has 6 nitrogen and oxygen atoms in total. The van der Waals surface area contributed by atoms with Gasteiger partial charge >= 0.3 is 0 Å². The Bertz CT molecular complexity index is 1010. The van der Waals surface area contributed by atoms with Crippen LogP contribution in [0.3, 0.4) is 0 Å². The lowest BCUT2D eigenvalue weighted by atomic mass is 10.1. The highest BCUT2D eigenvalue weighted by atomic mass is 16.2. The Hall–Kier alpha value is -3.41. The number of hydrogen-bond donors (Lipinski definition) is 2. The van der Waals surface area contributed by atoms with Crippen molar-refractivity contribution in [1.29, 1.82) is 0 Å². The molecule has 0 spiro atoms. The number of aryl methyl sites for hydroxylation is 2. The maximum Gasteiger partial charge on any atom is 0.243 e. The molecular weight excluding hydrogens is 364 g/mol. The van der Waals surface area contributed by atoms with Gasteiger partial charge in [0.25, 0.3) is 0 Å². The van der Waals surface area contributed by atoms with Gasteiger partial charge in [-0.25, -0.2) is 4.68 Å². The van der Waals surface area contributed by atoms with Gasteiger partial charge in [-0.05, 0) is 44.0 Å². The molecule has 29 heavy (non-hydrogen) atoms. The second-order valence-electron chi connectivity index (χ2n) is 6.91. The number of anilines is 1. The van der Waals surface area contributed by atoms with E-state index in [2.05, 4.69) is 15.7 Å². The predicted octanol–water partition coefficient (Wildman–Crippen LogP) is 3.35. The van der Waals surface area contributed by atoms with Gasteiger partial charge in [0.15, 0.2) is 0 Å². The molecule has 3 aromatic rings.